The normalized spacial score (nSPS) is 25.0. The van der Waals surface area contributed by atoms with Gasteiger partial charge in [0, 0.05) is 18.3 Å². The van der Waals surface area contributed by atoms with Gasteiger partial charge in [0.25, 0.3) is 0 Å². The van der Waals surface area contributed by atoms with Gasteiger partial charge in [0.2, 0.25) is 15.9 Å². The lowest BCUT2D eigenvalue weighted by Crippen LogP contribution is -2.51. The Morgan fingerprint density at radius 3 is 2.57 bits per heavy atom. The number of carbonyl (C=O) groups excluding carboxylic acids is 2. The monoisotopic (exact) mass is 448 g/mol. The molecule has 9 heteroatoms. The van der Waals surface area contributed by atoms with Crippen molar-refractivity contribution in [2.45, 2.75) is 41.5 Å². The fourth-order valence-corrected chi connectivity index (χ4v) is 6.50. The van der Waals surface area contributed by atoms with E-state index in [1.807, 2.05) is 24.3 Å². The van der Waals surface area contributed by atoms with Gasteiger partial charge in [-0.3, -0.25) is 4.79 Å². The van der Waals surface area contributed by atoms with Gasteiger partial charge >= 0.3 is 5.97 Å². The first-order valence-corrected chi connectivity index (χ1v) is 11.9. The topological polar surface area (TPSA) is 84.0 Å². The molecule has 0 aromatic heterocycles. The quantitative estimate of drug-likeness (QED) is 0.572. The Hall–Kier alpha value is -2.10. The van der Waals surface area contributed by atoms with Crippen molar-refractivity contribution in [3.05, 3.63) is 42.5 Å². The summed E-state index contributed by atoms with van der Waals surface area (Å²) < 4.78 is 33.0. The van der Waals surface area contributed by atoms with Crippen molar-refractivity contribution in [3.63, 3.8) is 0 Å². The van der Waals surface area contributed by atoms with Crippen molar-refractivity contribution in [1.29, 1.82) is 0 Å². The molecule has 4 rings (SSSR count). The molecule has 2 fully saturated rings. The fourth-order valence-electron chi connectivity index (χ4n) is 4.34. The minimum absolute atomic E-state index is 0.144. The van der Waals surface area contributed by atoms with Crippen molar-refractivity contribution in [2.24, 2.45) is 0 Å². The number of amides is 1. The molecule has 0 N–H and O–H groups in total. The highest BCUT2D eigenvalue weighted by Crippen LogP contribution is 2.32. The molecule has 0 spiro atoms. The number of nitrogens with zero attached hydrogens (tertiary/aromatic N) is 2. The number of fused-ring (bicyclic) bond motifs is 1. The van der Waals surface area contributed by atoms with E-state index < -0.39 is 28.1 Å². The molecule has 0 aliphatic carbocycles. The molecule has 1 amide bonds. The SMILES string of the molecule is COC(=O)C1CCCN1C(=O)[C@@H]1C[C@H](S)CN1S(=O)(=O)c1ccc2ccccc2c1. The number of thiol groups is 1. The molecule has 0 radical (unpaired) electrons. The summed E-state index contributed by atoms with van der Waals surface area (Å²) in [4.78, 5) is 27.0. The number of carbonyl (C=O) groups is 2. The van der Waals surface area contributed by atoms with Crippen LogP contribution >= 0.6 is 12.6 Å². The van der Waals surface area contributed by atoms with E-state index in [4.69, 9.17) is 4.74 Å². The number of methoxy groups -OCH3 is 1. The summed E-state index contributed by atoms with van der Waals surface area (Å²) in [5.41, 5.74) is 0. The van der Waals surface area contributed by atoms with Crippen LogP contribution < -0.4 is 0 Å². The number of ether oxygens (including phenoxy) is 1. The number of esters is 1. The van der Waals surface area contributed by atoms with Gasteiger partial charge in [-0.1, -0.05) is 30.3 Å². The molecule has 7 nitrogen and oxygen atoms in total. The maximum absolute atomic E-state index is 13.5. The number of hydrogen-bond donors (Lipinski definition) is 1. The van der Waals surface area contributed by atoms with E-state index in [1.54, 1.807) is 18.2 Å². The predicted octanol–water partition coefficient (Wildman–Crippen LogP) is 2.07. The highest BCUT2D eigenvalue weighted by atomic mass is 32.2. The second kappa shape index (κ2) is 8.20. The molecule has 2 aliphatic rings. The summed E-state index contributed by atoms with van der Waals surface area (Å²) >= 11 is 4.46. The van der Waals surface area contributed by atoms with Gasteiger partial charge in [-0.15, -0.1) is 0 Å². The molecular formula is C21H24N2O5S2. The molecule has 1 unspecified atom stereocenters. The second-order valence-corrected chi connectivity index (χ2v) is 10.3. The maximum Gasteiger partial charge on any atom is 0.328 e. The first-order chi connectivity index (χ1) is 14.3. The Balaban J connectivity index is 1.66. The van der Waals surface area contributed by atoms with Crippen LogP contribution in [-0.4, -0.2) is 67.0 Å². The lowest BCUT2D eigenvalue weighted by Gasteiger charge is -2.29. The average molecular weight is 449 g/mol. The van der Waals surface area contributed by atoms with Crippen LogP contribution in [0.25, 0.3) is 10.8 Å². The van der Waals surface area contributed by atoms with Gasteiger partial charge in [0.15, 0.2) is 0 Å². The smallest absolute Gasteiger partial charge is 0.328 e. The van der Waals surface area contributed by atoms with Crippen molar-refractivity contribution in [2.75, 3.05) is 20.2 Å². The van der Waals surface area contributed by atoms with Crippen LogP contribution in [0.4, 0.5) is 0 Å². The van der Waals surface area contributed by atoms with Crippen LogP contribution in [0.5, 0.6) is 0 Å². The Kier molecular flexibility index (Phi) is 5.78. The lowest BCUT2D eigenvalue weighted by molar-refractivity contribution is -0.152. The minimum atomic E-state index is -3.91. The zero-order valence-corrected chi connectivity index (χ0v) is 18.3. The third kappa shape index (κ3) is 3.70. The maximum atomic E-state index is 13.5. The molecule has 2 saturated heterocycles. The highest BCUT2D eigenvalue weighted by Gasteiger charge is 2.47. The van der Waals surface area contributed by atoms with Gasteiger partial charge in [-0.2, -0.15) is 16.9 Å². The third-order valence-corrected chi connectivity index (χ3v) is 8.10. The molecule has 2 aromatic carbocycles. The van der Waals surface area contributed by atoms with E-state index in [0.29, 0.717) is 25.8 Å². The first kappa shape index (κ1) is 21.1. The number of hydrogen-bond acceptors (Lipinski definition) is 6. The molecule has 30 heavy (non-hydrogen) atoms. The van der Waals surface area contributed by atoms with Gasteiger partial charge < -0.3 is 9.64 Å². The van der Waals surface area contributed by atoms with Gasteiger partial charge in [-0.05, 0) is 42.2 Å². The van der Waals surface area contributed by atoms with Crippen LogP contribution in [0, 0.1) is 0 Å². The predicted molar refractivity (Wildman–Crippen MR) is 116 cm³/mol. The van der Waals surface area contributed by atoms with Crippen molar-refractivity contribution >= 4 is 45.3 Å². The Labute approximate surface area is 181 Å². The Bertz CT molecular complexity index is 1090. The number of rotatable bonds is 4. The van der Waals surface area contributed by atoms with Crippen molar-refractivity contribution in [3.8, 4) is 0 Å². The van der Waals surface area contributed by atoms with Gasteiger partial charge in [0.05, 0.1) is 12.0 Å². The molecule has 2 heterocycles. The molecule has 0 saturated carbocycles. The molecule has 2 aromatic rings. The molecule has 2 aliphatic heterocycles. The molecule has 160 valence electrons. The van der Waals surface area contributed by atoms with E-state index in [1.165, 1.54) is 16.3 Å². The Morgan fingerprint density at radius 1 is 1.10 bits per heavy atom. The zero-order chi connectivity index (χ0) is 21.5. The fraction of sp³-hybridized carbons (Fsp3) is 0.429. The van der Waals surface area contributed by atoms with Crippen LogP contribution in [0.3, 0.4) is 0 Å². The summed E-state index contributed by atoms with van der Waals surface area (Å²) in [6, 6.07) is 10.9. The Morgan fingerprint density at radius 2 is 1.83 bits per heavy atom. The van der Waals surface area contributed by atoms with Gasteiger partial charge in [-0.25, -0.2) is 13.2 Å². The minimum Gasteiger partial charge on any atom is -0.467 e. The van der Waals surface area contributed by atoms with Gasteiger partial charge in [0.1, 0.15) is 12.1 Å². The zero-order valence-electron chi connectivity index (χ0n) is 16.6. The largest absolute Gasteiger partial charge is 0.467 e. The standard InChI is InChI=1S/C21H24N2O5S2/c1-28-21(25)18-7-4-10-22(18)20(24)19-12-16(29)13-23(19)30(26,27)17-9-8-14-5-2-3-6-15(14)11-17/h2-3,5-6,8-9,11,16,18-19,29H,4,7,10,12-13H2,1H3/t16-,18?,19-/m0/s1. The molecular weight excluding hydrogens is 424 g/mol. The summed E-state index contributed by atoms with van der Waals surface area (Å²) in [7, 11) is -2.62. The first-order valence-electron chi connectivity index (χ1n) is 9.90. The summed E-state index contributed by atoms with van der Waals surface area (Å²) in [5, 5.41) is 1.50. The van der Waals surface area contributed by atoms with Crippen molar-refractivity contribution in [1.82, 2.24) is 9.21 Å². The second-order valence-electron chi connectivity index (χ2n) is 7.70. The number of benzene rings is 2. The lowest BCUT2D eigenvalue weighted by atomic mass is 10.1. The molecule has 0 bridgehead atoms. The summed E-state index contributed by atoms with van der Waals surface area (Å²) in [6.45, 7) is 0.557. The average Bonchev–Trinajstić information content (AvgIpc) is 3.39. The van der Waals surface area contributed by atoms with E-state index in [-0.39, 0.29) is 22.6 Å². The van der Waals surface area contributed by atoms with E-state index in [2.05, 4.69) is 12.6 Å². The van der Waals surface area contributed by atoms with E-state index in [9.17, 15) is 18.0 Å². The third-order valence-electron chi connectivity index (χ3n) is 5.86. The summed E-state index contributed by atoms with van der Waals surface area (Å²) in [5.74, 6) is -0.825. The van der Waals surface area contributed by atoms with Crippen LogP contribution in [0.15, 0.2) is 47.4 Å². The summed E-state index contributed by atoms with van der Waals surface area (Å²) in [6.07, 6.45) is 1.51. The highest BCUT2D eigenvalue weighted by molar-refractivity contribution is 7.89. The van der Waals surface area contributed by atoms with Crippen LogP contribution in [0.1, 0.15) is 19.3 Å². The van der Waals surface area contributed by atoms with Crippen LogP contribution in [0.2, 0.25) is 0 Å². The van der Waals surface area contributed by atoms with Crippen LogP contribution in [-0.2, 0) is 24.3 Å². The van der Waals surface area contributed by atoms with Crippen molar-refractivity contribution < 1.29 is 22.7 Å². The molecule has 3 atom stereocenters. The number of likely N-dealkylation sites (tertiary alicyclic amines) is 1. The number of sulfonamides is 1. The van der Waals surface area contributed by atoms with E-state index in [0.717, 1.165) is 10.8 Å². The van der Waals surface area contributed by atoms with E-state index >= 15 is 0 Å².